The molecule has 1 aromatic heterocycles. The lowest BCUT2D eigenvalue weighted by atomic mass is 10.3. The monoisotopic (exact) mass is 364 g/mol. The van der Waals surface area contributed by atoms with E-state index < -0.39 is 29.5 Å². The molecule has 1 aromatic rings. The predicted octanol–water partition coefficient (Wildman–Crippen LogP) is 1.99. The number of ether oxygens (including phenoxy) is 1. The Morgan fingerprint density at radius 2 is 2.18 bits per heavy atom. The molecule has 1 heterocycles. The summed E-state index contributed by atoms with van der Waals surface area (Å²) in [5.74, 6) is -0.978. The molecular formula is C7H4F3IN2O4. The molecule has 17 heavy (non-hydrogen) atoms. The number of aliphatic hydroxyl groups is 1. The van der Waals surface area contributed by atoms with Gasteiger partial charge in [0.1, 0.15) is 3.57 Å². The van der Waals surface area contributed by atoms with E-state index in [-0.39, 0.29) is 9.26 Å². The minimum absolute atomic E-state index is 0.0374. The number of aromatic nitrogens is 1. The van der Waals surface area contributed by atoms with Crippen LogP contribution in [0.1, 0.15) is 5.69 Å². The van der Waals surface area contributed by atoms with Gasteiger partial charge in [-0.25, -0.2) is 4.98 Å². The minimum atomic E-state index is -5.00. The second-order valence-corrected chi connectivity index (χ2v) is 3.78. The highest BCUT2D eigenvalue weighted by Crippen LogP contribution is 2.30. The van der Waals surface area contributed by atoms with Gasteiger partial charge in [0, 0.05) is 0 Å². The minimum Gasteiger partial charge on any atom is -0.390 e. The molecule has 0 bridgehead atoms. The van der Waals surface area contributed by atoms with Crippen LogP contribution in [0.3, 0.4) is 0 Å². The van der Waals surface area contributed by atoms with Gasteiger partial charge in [0.2, 0.25) is 5.88 Å². The fraction of sp³-hybridized carbons (Fsp3) is 0.286. The third kappa shape index (κ3) is 3.66. The summed E-state index contributed by atoms with van der Waals surface area (Å²) < 4.78 is 39.2. The zero-order valence-corrected chi connectivity index (χ0v) is 10.0. The molecule has 0 fully saturated rings. The topological polar surface area (TPSA) is 85.5 Å². The first-order valence-electron chi connectivity index (χ1n) is 3.95. The van der Waals surface area contributed by atoms with Gasteiger partial charge >= 0.3 is 6.36 Å². The lowest BCUT2D eigenvalue weighted by Crippen LogP contribution is -2.18. The van der Waals surface area contributed by atoms with E-state index in [4.69, 9.17) is 5.11 Å². The number of aliphatic hydroxyl groups excluding tert-OH is 1. The van der Waals surface area contributed by atoms with Gasteiger partial charge in [-0.2, -0.15) is 0 Å². The van der Waals surface area contributed by atoms with Gasteiger partial charge in [-0.1, -0.05) is 0 Å². The second kappa shape index (κ2) is 5.00. The third-order valence-electron chi connectivity index (χ3n) is 1.55. The Kier molecular flexibility index (Phi) is 4.08. The van der Waals surface area contributed by atoms with Crippen LogP contribution in [0.5, 0.6) is 5.88 Å². The van der Waals surface area contributed by atoms with Crippen LogP contribution in [0.25, 0.3) is 0 Å². The average Bonchev–Trinajstić information content (AvgIpc) is 2.17. The van der Waals surface area contributed by atoms with Gasteiger partial charge in [0.15, 0.2) is 0 Å². The highest BCUT2D eigenvalue weighted by molar-refractivity contribution is 14.1. The lowest BCUT2D eigenvalue weighted by Gasteiger charge is -2.09. The first-order chi connectivity index (χ1) is 7.74. The second-order valence-electron chi connectivity index (χ2n) is 2.70. The van der Waals surface area contributed by atoms with E-state index in [2.05, 4.69) is 9.72 Å². The molecule has 1 rings (SSSR count). The first kappa shape index (κ1) is 13.9. The van der Waals surface area contributed by atoms with Crippen LogP contribution in [0.4, 0.5) is 18.9 Å². The van der Waals surface area contributed by atoms with Gasteiger partial charge in [-0.15, -0.1) is 13.2 Å². The van der Waals surface area contributed by atoms with E-state index in [1.165, 1.54) is 22.6 Å². The average molecular weight is 364 g/mol. The normalized spacial score (nSPS) is 11.4. The molecule has 0 aliphatic carbocycles. The van der Waals surface area contributed by atoms with Crippen molar-refractivity contribution >= 4 is 28.3 Å². The molecule has 6 nitrogen and oxygen atoms in total. The molecule has 94 valence electrons. The summed E-state index contributed by atoms with van der Waals surface area (Å²) >= 11 is 1.51. The number of hydrogen-bond donors (Lipinski definition) is 1. The van der Waals surface area contributed by atoms with Crippen molar-refractivity contribution in [2.75, 3.05) is 0 Å². The van der Waals surface area contributed by atoms with E-state index in [1.807, 2.05) is 0 Å². The highest BCUT2D eigenvalue weighted by atomic mass is 127. The molecule has 0 aromatic carbocycles. The Labute approximate surface area is 106 Å². The molecular weight excluding hydrogens is 360 g/mol. The van der Waals surface area contributed by atoms with Crippen LogP contribution in [0.2, 0.25) is 0 Å². The molecule has 1 N–H and O–H groups in total. The summed E-state index contributed by atoms with van der Waals surface area (Å²) in [4.78, 5) is 13.0. The summed E-state index contributed by atoms with van der Waals surface area (Å²) in [5, 5.41) is 19.4. The standard InChI is InChI=1S/C7H4F3IN2O4/c8-7(9,10)17-5-1-4(13(15)16)6(11)3(2-14)12-5/h1,14H,2H2. The number of hydrogen-bond acceptors (Lipinski definition) is 5. The lowest BCUT2D eigenvalue weighted by molar-refractivity contribution is -0.386. The number of rotatable bonds is 3. The van der Waals surface area contributed by atoms with Gasteiger partial charge < -0.3 is 9.84 Å². The van der Waals surface area contributed by atoms with E-state index in [0.717, 1.165) is 0 Å². The third-order valence-corrected chi connectivity index (χ3v) is 2.73. The van der Waals surface area contributed by atoms with Gasteiger partial charge in [-0.3, -0.25) is 10.1 Å². The van der Waals surface area contributed by atoms with Crippen molar-refractivity contribution < 1.29 is 27.9 Å². The maximum absolute atomic E-state index is 11.9. The summed E-state index contributed by atoms with van der Waals surface area (Å²) in [6.45, 7) is -0.728. The Morgan fingerprint density at radius 1 is 1.59 bits per heavy atom. The van der Waals surface area contributed by atoms with Crippen molar-refractivity contribution in [3.05, 3.63) is 25.4 Å². The van der Waals surface area contributed by atoms with Crippen molar-refractivity contribution in [3.63, 3.8) is 0 Å². The summed E-state index contributed by atoms with van der Waals surface area (Å²) in [7, 11) is 0. The van der Waals surface area contributed by atoms with Gasteiger partial charge in [0.05, 0.1) is 23.3 Å². The van der Waals surface area contributed by atoms with E-state index >= 15 is 0 Å². The number of nitro groups is 1. The van der Waals surface area contributed by atoms with Gasteiger partial charge in [-0.05, 0) is 22.6 Å². The zero-order chi connectivity index (χ0) is 13.2. The maximum atomic E-state index is 11.9. The Morgan fingerprint density at radius 3 is 2.59 bits per heavy atom. The largest absolute Gasteiger partial charge is 0.574 e. The van der Waals surface area contributed by atoms with Crippen molar-refractivity contribution in [2.24, 2.45) is 0 Å². The quantitative estimate of drug-likeness (QED) is 0.504. The van der Waals surface area contributed by atoms with E-state index in [0.29, 0.717) is 6.07 Å². The fourth-order valence-corrected chi connectivity index (χ4v) is 1.59. The molecule has 0 radical (unpaired) electrons. The highest BCUT2D eigenvalue weighted by Gasteiger charge is 2.33. The number of alkyl halides is 3. The Hall–Kier alpha value is -1.17. The van der Waals surface area contributed by atoms with Gasteiger partial charge in [0.25, 0.3) is 5.69 Å². The predicted molar refractivity (Wildman–Crippen MR) is 56.2 cm³/mol. The molecule has 0 unspecified atom stereocenters. The Bertz CT molecular complexity index is 451. The summed E-state index contributed by atoms with van der Waals surface area (Å²) in [6, 6.07) is 0.550. The molecule has 10 heteroatoms. The summed E-state index contributed by atoms with van der Waals surface area (Å²) in [5.41, 5.74) is -0.858. The summed E-state index contributed by atoms with van der Waals surface area (Å²) in [6.07, 6.45) is -5.00. The fourth-order valence-electron chi connectivity index (χ4n) is 0.951. The van der Waals surface area contributed by atoms with Crippen molar-refractivity contribution in [1.82, 2.24) is 4.98 Å². The molecule has 0 aliphatic heterocycles. The Balaban J connectivity index is 3.25. The van der Waals surface area contributed by atoms with Crippen LogP contribution >= 0.6 is 22.6 Å². The molecule has 0 atom stereocenters. The number of nitrogens with zero attached hydrogens (tertiary/aromatic N) is 2. The van der Waals surface area contributed by atoms with Crippen molar-refractivity contribution in [1.29, 1.82) is 0 Å². The van der Waals surface area contributed by atoms with E-state index in [9.17, 15) is 23.3 Å². The van der Waals surface area contributed by atoms with Crippen LogP contribution < -0.4 is 4.74 Å². The maximum Gasteiger partial charge on any atom is 0.574 e. The molecule has 0 saturated heterocycles. The number of halogens is 4. The zero-order valence-electron chi connectivity index (χ0n) is 7.86. The molecule has 0 spiro atoms. The molecule has 0 amide bonds. The van der Waals surface area contributed by atoms with Crippen LogP contribution in [0.15, 0.2) is 6.07 Å². The van der Waals surface area contributed by atoms with Crippen molar-refractivity contribution in [2.45, 2.75) is 13.0 Å². The van der Waals surface area contributed by atoms with Crippen LogP contribution in [-0.4, -0.2) is 21.4 Å². The van der Waals surface area contributed by atoms with Crippen LogP contribution in [0, 0.1) is 13.7 Å². The van der Waals surface area contributed by atoms with Crippen molar-refractivity contribution in [3.8, 4) is 5.88 Å². The molecule has 0 aliphatic rings. The van der Waals surface area contributed by atoms with Crippen LogP contribution in [-0.2, 0) is 6.61 Å². The smallest absolute Gasteiger partial charge is 0.390 e. The molecule has 0 saturated carbocycles. The number of pyridine rings is 1. The first-order valence-corrected chi connectivity index (χ1v) is 5.03. The van der Waals surface area contributed by atoms with E-state index in [1.54, 1.807) is 0 Å². The SMILES string of the molecule is O=[N+]([O-])c1cc(OC(F)(F)F)nc(CO)c1I.